The number of fused-ring (bicyclic) bond motifs is 1. The molecule has 0 bridgehead atoms. The van der Waals surface area contributed by atoms with Crippen LogP contribution in [-0.2, 0) is 17.8 Å². The number of hydrogen-bond donors (Lipinski definition) is 0. The average molecular weight is 399 g/mol. The summed E-state index contributed by atoms with van der Waals surface area (Å²) < 4.78 is 6.40. The number of carbonyl (C=O) groups is 1. The van der Waals surface area contributed by atoms with E-state index < -0.39 is 5.60 Å². The summed E-state index contributed by atoms with van der Waals surface area (Å²) in [5.41, 5.74) is 1.94. The molecule has 0 N–H and O–H groups in total. The molecule has 1 amide bonds. The molecular formula is C19H31BrN2O2. The lowest BCUT2D eigenvalue weighted by Crippen LogP contribution is -2.33. The fraction of sp³-hybridized carbons (Fsp3) is 0.632. The van der Waals surface area contributed by atoms with Crippen LogP contribution in [0.15, 0.2) is 22.7 Å². The van der Waals surface area contributed by atoms with Gasteiger partial charge in [0.15, 0.2) is 0 Å². The highest BCUT2D eigenvalue weighted by atomic mass is 79.9. The second-order valence-corrected chi connectivity index (χ2v) is 7.78. The van der Waals surface area contributed by atoms with Gasteiger partial charge in [0.05, 0.1) is 0 Å². The molecule has 0 atom stereocenters. The molecule has 0 aromatic heterocycles. The monoisotopic (exact) mass is 398 g/mol. The quantitative estimate of drug-likeness (QED) is 0.713. The van der Waals surface area contributed by atoms with E-state index in [9.17, 15) is 4.79 Å². The molecule has 1 aliphatic rings. The second kappa shape index (κ2) is 9.42. The summed E-state index contributed by atoms with van der Waals surface area (Å²) >= 11 is 3.44. The van der Waals surface area contributed by atoms with Gasteiger partial charge in [-0.2, -0.15) is 0 Å². The molecule has 0 aliphatic carbocycles. The van der Waals surface area contributed by atoms with Crippen molar-refractivity contribution in [3.63, 3.8) is 0 Å². The van der Waals surface area contributed by atoms with Crippen LogP contribution in [0.5, 0.6) is 0 Å². The van der Waals surface area contributed by atoms with E-state index in [0.717, 1.165) is 4.47 Å². The Morgan fingerprint density at radius 2 is 1.67 bits per heavy atom. The van der Waals surface area contributed by atoms with Crippen LogP contribution in [0.4, 0.5) is 4.79 Å². The fourth-order valence-corrected chi connectivity index (χ4v) is 2.90. The lowest BCUT2D eigenvalue weighted by atomic mass is 10.1. The van der Waals surface area contributed by atoms with Gasteiger partial charge in [-0.1, -0.05) is 42.8 Å². The molecule has 0 radical (unpaired) electrons. The van der Waals surface area contributed by atoms with Crippen molar-refractivity contribution in [2.75, 3.05) is 19.6 Å². The Hall–Kier alpha value is -1.07. The molecule has 0 spiro atoms. The van der Waals surface area contributed by atoms with E-state index in [-0.39, 0.29) is 6.09 Å². The fourth-order valence-electron chi connectivity index (χ4n) is 2.49. The van der Waals surface area contributed by atoms with Gasteiger partial charge in [0, 0.05) is 17.6 Å². The number of rotatable bonds is 3. The number of amides is 1. The molecule has 1 aromatic carbocycles. The molecule has 0 saturated carbocycles. The van der Waals surface area contributed by atoms with Crippen molar-refractivity contribution < 1.29 is 9.53 Å². The van der Waals surface area contributed by atoms with Crippen LogP contribution in [-0.4, -0.2) is 41.1 Å². The van der Waals surface area contributed by atoms with Crippen LogP contribution in [0.1, 0.15) is 52.7 Å². The second-order valence-electron chi connectivity index (χ2n) is 6.87. The topological polar surface area (TPSA) is 32.8 Å². The standard InChI is InChI=1S/C13H16BrNO2.C6H15N/c1-13(2,3)17-12(16)15-7-9-4-5-11(14)6-10(9)8-15;1-4-7(5-2)6-3/h4-6H,7-8H2,1-3H3;4-6H2,1-3H3. The predicted molar refractivity (Wildman–Crippen MR) is 103 cm³/mol. The number of nitrogens with zero attached hydrogens (tertiary/aromatic N) is 2. The Kier molecular flexibility index (Phi) is 8.23. The first-order valence-electron chi connectivity index (χ1n) is 8.67. The molecule has 4 nitrogen and oxygen atoms in total. The zero-order valence-corrected chi connectivity index (χ0v) is 17.4. The van der Waals surface area contributed by atoms with Gasteiger partial charge >= 0.3 is 6.09 Å². The van der Waals surface area contributed by atoms with E-state index in [2.05, 4.69) is 47.7 Å². The van der Waals surface area contributed by atoms with Crippen LogP contribution < -0.4 is 0 Å². The molecule has 136 valence electrons. The summed E-state index contributed by atoms with van der Waals surface area (Å²) in [4.78, 5) is 16.0. The maximum atomic E-state index is 11.9. The molecule has 24 heavy (non-hydrogen) atoms. The minimum Gasteiger partial charge on any atom is -0.444 e. The zero-order valence-electron chi connectivity index (χ0n) is 15.9. The third kappa shape index (κ3) is 6.81. The van der Waals surface area contributed by atoms with Gasteiger partial charge in [-0.3, -0.25) is 4.90 Å². The highest BCUT2D eigenvalue weighted by molar-refractivity contribution is 9.10. The lowest BCUT2D eigenvalue weighted by Gasteiger charge is -2.24. The van der Waals surface area contributed by atoms with E-state index in [4.69, 9.17) is 4.74 Å². The largest absolute Gasteiger partial charge is 0.444 e. The van der Waals surface area contributed by atoms with Gasteiger partial charge in [0.2, 0.25) is 0 Å². The first kappa shape index (κ1) is 21.0. The summed E-state index contributed by atoms with van der Waals surface area (Å²) in [5, 5.41) is 0. The van der Waals surface area contributed by atoms with Gasteiger partial charge in [-0.15, -0.1) is 0 Å². The first-order valence-corrected chi connectivity index (χ1v) is 9.47. The van der Waals surface area contributed by atoms with Crippen molar-refractivity contribution in [3.05, 3.63) is 33.8 Å². The van der Waals surface area contributed by atoms with Crippen molar-refractivity contribution in [3.8, 4) is 0 Å². The van der Waals surface area contributed by atoms with E-state index in [1.165, 1.54) is 30.8 Å². The van der Waals surface area contributed by atoms with Gasteiger partial charge in [-0.05, 0) is 63.7 Å². The number of hydrogen-bond acceptors (Lipinski definition) is 3. The molecule has 1 aliphatic heterocycles. The van der Waals surface area contributed by atoms with Crippen LogP contribution in [0.3, 0.4) is 0 Å². The predicted octanol–water partition coefficient (Wildman–Crippen LogP) is 5.05. The van der Waals surface area contributed by atoms with Crippen molar-refractivity contribution in [1.82, 2.24) is 9.80 Å². The summed E-state index contributed by atoms with van der Waals surface area (Å²) in [7, 11) is 0. The van der Waals surface area contributed by atoms with Crippen molar-refractivity contribution in [2.45, 2.75) is 60.2 Å². The summed E-state index contributed by atoms with van der Waals surface area (Å²) in [6, 6.07) is 6.10. The highest BCUT2D eigenvalue weighted by Gasteiger charge is 2.27. The summed E-state index contributed by atoms with van der Waals surface area (Å²) in [5.74, 6) is 0. The van der Waals surface area contributed by atoms with Crippen LogP contribution in [0.2, 0.25) is 0 Å². The Morgan fingerprint density at radius 1 is 1.12 bits per heavy atom. The number of carbonyl (C=O) groups excluding carboxylic acids is 1. The normalized spacial score (nSPS) is 13.4. The minimum atomic E-state index is -0.438. The third-order valence-electron chi connectivity index (χ3n) is 3.88. The number of benzene rings is 1. The summed E-state index contributed by atoms with van der Waals surface area (Å²) in [6.07, 6.45) is -0.246. The van der Waals surface area contributed by atoms with Crippen molar-refractivity contribution in [1.29, 1.82) is 0 Å². The smallest absolute Gasteiger partial charge is 0.410 e. The van der Waals surface area contributed by atoms with E-state index in [1.807, 2.05) is 32.9 Å². The highest BCUT2D eigenvalue weighted by Crippen LogP contribution is 2.27. The van der Waals surface area contributed by atoms with Gasteiger partial charge in [-0.25, -0.2) is 4.79 Å². The number of halogens is 1. The Labute approximate surface area is 155 Å². The molecule has 1 aromatic rings. The number of ether oxygens (including phenoxy) is 1. The van der Waals surface area contributed by atoms with E-state index in [0.29, 0.717) is 13.1 Å². The van der Waals surface area contributed by atoms with Gasteiger partial charge in [0.1, 0.15) is 5.60 Å². The van der Waals surface area contributed by atoms with Crippen molar-refractivity contribution in [2.24, 2.45) is 0 Å². The zero-order chi connectivity index (χ0) is 18.3. The molecular weight excluding hydrogens is 368 g/mol. The lowest BCUT2D eigenvalue weighted by molar-refractivity contribution is 0.0242. The van der Waals surface area contributed by atoms with E-state index in [1.54, 1.807) is 4.90 Å². The van der Waals surface area contributed by atoms with Gasteiger partial charge < -0.3 is 9.64 Å². The molecule has 0 saturated heterocycles. The minimum absolute atomic E-state index is 0.246. The van der Waals surface area contributed by atoms with Crippen molar-refractivity contribution >= 4 is 22.0 Å². The molecule has 0 unspecified atom stereocenters. The Bertz CT molecular complexity index is 531. The Morgan fingerprint density at radius 3 is 2.12 bits per heavy atom. The molecule has 0 fully saturated rings. The average Bonchev–Trinajstić information content (AvgIpc) is 2.91. The molecule has 2 rings (SSSR count). The maximum Gasteiger partial charge on any atom is 0.410 e. The van der Waals surface area contributed by atoms with Gasteiger partial charge in [0.25, 0.3) is 0 Å². The Balaban J connectivity index is 0.000000351. The summed E-state index contributed by atoms with van der Waals surface area (Å²) in [6.45, 7) is 17.0. The molecule has 1 heterocycles. The van der Waals surface area contributed by atoms with Crippen LogP contribution in [0, 0.1) is 0 Å². The van der Waals surface area contributed by atoms with E-state index >= 15 is 0 Å². The SMILES string of the molecule is CC(C)(C)OC(=O)N1Cc2ccc(Br)cc2C1.CCN(CC)CC. The van der Waals surface area contributed by atoms with Crippen LogP contribution in [0.25, 0.3) is 0 Å². The first-order chi connectivity index (χ1) is 11.2. The molecule has 5 heteroatoms. The third-order valence-corrected chi connectivity index (χ3v) is 4.38. The maximum absolute atomic E-state index is 11.9. The van der Waals surface area contributed by atoms with Crippen LogP contribution >= 0.6 is 15.9 Å².